The number of nitrogens with zero attached hydrogens (tertiary/aromatic N) is 3. The number of aldehydes is 1. The molecule has 0 spiro atoms. The predicted octanol–water partition coefficient (Wildman–Crippen LogP) is 4.61. The number of benzene rings is 1. The highest BCUT2D eigenvalue weighted by molar-refractivity contribution is 5.80. The molecule has 0 amide bonds. The molecule has 2 heterocycles. The number of carbonyl (C=O) groups is 1. The van der Waals surface area contributed by atoms with Gasteiger partial charge in [0.1, 0.15) is 6.29 Å². The molecule has 0 radical (unpaired) electrons. The first-order valence-corrected chi connectivity index (χ1v) is 10.7. The second-order valence-electron chi connectivity index (χ2n) is 9.30. The van der Waals surface area contributed by atoms with Crippen LogP contribution in [0.1, 0.15) is 59.6 Å². The first-order valence-electron chi connectivity index (χ1n) is 10.7. The van der Waals surface area contributed by atoms with Crippen molar-refractivity contribution < 1.29 is 9.53 Å². The molecule has 0 saturated heterocycles. The predicted molar refractivity (Wildman–Crippen MR) is 121 cm³/mol. The van der Waals surface area contributed by atoms with Crippen LogP contribution in [0.2, 0.25) is 0 Å². The first kappa shape index (κ1) is 21.2. The molecule has 1 N–H and O–H groups in total. The molecule has 6 nitrogen and oxygen atoms in total. The Morgan fingerprint density at radius 1 is 1.26 bits per heavy atom. The highest BCUT2D eigenvalue weighted by Crippen LogP contribution is 2.40. The molecule has 1 aromatic carbocycles. The van der Waals surface area contributed by atoms with E-state index in [0.29, 0.717) is 18.0 Å². The fourth-order valence-electron chi connectivity index (χ4n) is 4.42. The third kappa shape index (κ3) is 4.26. The van der Waals surface area contributed by atoms with Crippen LogP contribution in [0, 0.1) is 5.41 Å². The van der Waals surface area contributed by atoms with Crippen molar-refractivity contribution >= 4 is 6.29 Å². The van der Waals surface area contributed by atoms with Crippen molar-refractivity contribution in [3.8, 4) is 17.1 Å². The van der Waals surface area contributed by atoms with Crippen LogP contribution in [-0.4, -0.2) is 40.5 Å². The molecular formula is C25H30N4O2. The largest absolute Gasteiger partial charge is 0.481 e. The van der Waals surface area contributed by atoms with E-state index in [1.807, 2.05) is 30.5 Å². The minimum Gasteiger partial charge on any atom is -0.481 e. The quantitative estimate of drug-likeness (QED) is 0.567. The average molecular weight is 419 g/mol. The molecule has 0 fully saturated rings. The molecule has 31 heavy (non-hydrogen) atoms. The van der Waals surface area contributed by atoms with E-state index in [9.17, 15) is 4.79 Å². The van der Waals surface area contributed by atoms with Crippen LogP contribution in [-0.2, 0) is 19.4 Å². The third-order valence-corrected chi connectivity index (χ3v) is 6.34. The van der Waals surface area contributed by atoms with Gasteiger partial charge in [0.2, 0.25) is 5.88 Å². The first-order chi connectivity index (χ1) is 14.8. The minimum absolute atomic E-state index is 0.136. The molecule has 162 valence electrons. The van der Waals surface area contributed by atoms with Gasteiger partial charge in [-0.2, -0.15) is 5.10 Å². The summed E-state index contributed by atoms with van der Waals surface area (Å²) >= 11 is 0. The molecule has 0 saturated carbocycles. The summed E-state index contributed by atoms with van der Waals surface area (Å²) in [5.41, 5.74) is 7.67. The van der Waals surface area contributed by atoms with Crippen molar-refractivity contribution in [3.63, 3.8) is 0 Å². The summed E-state index contributed by atoms with van der Waals surface area (Å²) in [5, 5.41) is 7.83. The minimum atomic E-state index is 0.136. The number of aromatic amines is 1. The average Bonchev–Trinajstić information content (AvgIpc) is 3.28. The van der Waals surface area contributed by atoms with Gasteiger partial charge in [-0.3, -0.25) is 14.8 Å². The third-order valence-electron chi connectivity index (χ3n) is 6.34. The fourth-order valence-corrected chi connectivity index (χ4v) is 4.42. The van der Waals surface area contributed by atoms with Crippen LogP contribution in [0.25, 0.3) is 11.3 Å². The van der Waals surface area contributed by atoms with Gasteiger partial charge in [-0.05, 0) is 49.4 Å². The van der Waals surface area contributed by atoms with Gasteiger partial charge in [0.15, 0.2) is 0 Å². The van der Waals surface area contributed by atoms with Crippen LogP contribution >= 0.6 is 0 Å². The van der Waals surface area contributed by atoms with Gasteiger partial charge in [0.05, 0.1) is 12.8 Å². The van der Waals surface area contributed by atoms with Gasteiger partial charge in [0.25, 0.3) is 0 Å². The lowest BCUT2D eigenvalue weighted by Crippen LogP contribution is -2.22. The lowest BCUT2D eigenvalue weighted by molar-refractivity contribution is 0.112. The van der Waals surface area contributed by atoms with Crippen LogP contribution in [0.3, 0.4) is 0 Å². The lowest BCUT2D eigenvalue weighted by Gasteiger charge is -2.25. The zero-order valence-electron chi connectivity index (χ0n) is 18.9. The van der Waals surface area contributed by atoms with Gasteiger partial charge in [-0.1, -0.05) is 32.0 Å². The number of fused-ring (bicyclic) bond motifs is 1. The maximum absolute atomic E-state index is 11.7. The number of aromatic nitrogens is 3. The topological polar surface area (TPSA) is 71.1 Å². The van der Waals surface area contributed by atoms with E-state index >= 15 is 0 Å². The normalized spacial score (nSPS) is 15.7. The molecule has 3 aromatic rings. The van der Waals surface area contributed by atoms with Crippen molar-refractivity contribution in [2.24, 2.45) is 5.41 Å². The Morgan fingerprint density at radius 3 is 2.74 bits per heavy atom. The van der Waals surface area contributed by atoms with Crippen LogP contribution in [0.15, 0.2) is 36.5 Å². The molecule has 1 atom stereocenters. The Bertz CT molecular complexity index is 1090. The number of ether oxygens (including phenoxy) is 1. The van der Waals surface area contributed by atoms with E-state index in [0.717, 1.165) is 41.5 Å². The molecular weight excluding hydrogens is 388 g/mol. The second-order valence-corrected chi connectivity index (χ2v) is 9.30. The number of methoxy groups -OCH3 is 1. The van der Waals surface area contributed by atoms with Gasteiger partial charge >= 0.3 is 0 Å². The van der Waals surface area contributed by atoms with Crippen LogP contribution in [0.5, 0.6) is 5.88 Å². The molecule has 6 heteroatoms. The number of rotatable bonds is 7. The molecule has 0 bridgehead atoms. The summed E-state index contributed by atoms with van der Waals surface area (Å²) in [6, 6.07) is 10.1. The molecule has 1 aliphatic carbocycles. The number of pyridine rings is 1. The summed E-state index contributed by atoms with van der Waals surface area (Å²) in [4.78, 5) is 18.3. The highest BCUT2D eigenvalue weighted by atomic mass is 16.5. The van der Waals surface area contributed by atoms with Gasteiger partial charge in [0, 0.05) is 47.2 Å². The van der Waals surface area contributed by atoms with Gasteiger partial charge < -0.3 is 4.74 Å². The molecule has 2 aromatic heterocycles. The highest BCUT2D eigenvalue weighted by Gasteiger charge is 2.32. The number of hydrogen-bond donors (Lipinski definition) is 1. The number of hydrogen-bond acceptors (Lipinski definition) is 5. The zero-order valence-corrected chi connectivity index (χ0v) is 18.9. The molecule has 0 aliphatic heterocycles. The van der Waals surface area contributed by atoms with Gasteiger partial charge in [-0.15, -0.1) is 0 Å². The van der Waals surface area contributed by atoms with E-state index in [1.165, 1.54) is 11.3 Å². The van der Waals surface area contributed by atoms with Gasteiger partial charge in [-0.25, -0.2) is 4.98 Å². The van der Waals surface area contributed by atoms with Crippen molar-refractivity contribution in [2.75, 3.05) is 14.2 Å². The standard InChI is InChI=1S/C25H30N4O2/c1-16(18-8-9-23(31-5)26-13-18)29(4)14-20-10-17(6-7-19(20)15-30)24-21-11-25(2,3)12-22(21)27-28-24/h6-10,13,15-16H,11-12,14H2,1-5H3,(H,27,28). The Labute approximate surface area is 183 Å². The number of nitrogens with one attached hydrogen (secondary N) is 1. The Kier molecular flexibility index (Phi) is 5.67. The summed E-state index contributed by atoms with van der Waals surface area (Å²) in [7, 11) is 3.67. The molecule has 1 aliphatic rings. The van der Waals surface area contributed by atoms with Crippen LogP contribution < -0.4 is 4.74 Å². The monoisotopic (exact) mass is 418 g/mol. The van der Waals surface area contributed by atoms with E-state index in [1.54, 1.807) is 7.11 Å². The number of carbonyl (C=O) groups excluding carboxylic acids is 1. The fraction of sp³-hybridized carbons (Fsp3) is 0.400. The van der Waals surface area contributed by atoms with Crippen molar-refractivity contribution in [3.05, 3.63) is 64.5 Å². The summed E-state index contributed by atoms with van der Waals surface area (Å²) in [5.74, 6) is 0.601. The summed E-state index contributed by atoms with van der Waals surface area (Å²) < 4.78 is 5.16. The maximum Gasteiger partial charge on any atom is 0.212 e. The van der Waals surface area contributed by atoms with E-state index in [2.05, 4.69) is 54.0 Å². The van der Waals surface area contributed by atoms with Crippen molar-refractivity contribution in [2.45, 2.75) is 46.2 Å². The zero-order chi connectivity index (χ0) is 22.2. The summed E-state index contributed by atoms with van der Waals surface area (Å²) in [6.07, 6.45) is 4.81. The second kappa shape index (κ2) is 8.27. The van der Waals surface area contributed by atoms with Crippen molar-refractivity contribution in [1.82, 2.24) is 20.1 Å². The summed E-state index contributed by atoms with van der Waals surface area (Å²) in [6.45, 7) is 7.36. The Hall–Kier alpha value is -2.99. The van der Waals surface area contributed by atoms with E-state index in [-0.39, 0.29) is 11.5 Å². The van der Waals surface area contributed by atoms with Crippen molar-refractivity contribution in [1.29, 1.82) is 0 Å². The maximum atomic E-state index is 11.7. The smallest absolute Gasteiger partial charge is 0.212 e. The number of H-pyrrole nitrogens is 1. The molecule has 1 unspecified atom stereocenters. The SMILES string of the molecule is COc1ccc(C(C)N(C)Cc2cc(-c3n[nH]c4c3CC(C)(C)C4)ccc2C=O)cn1. The molecule has 4 rings (SSSR count). The Balaban J connectivity index is 1.59. The van der Waals surface area contributed by atoms with E-state index < -0.39 is 0 Å². The Morgan fingerprint density at radius 2 is 2.06 bits per heavy atom. The van der Waals surface area contributed by atoms with E-state index in [4.69, 9.17) is 4.74 Å². The van der Waals surface area contributed by atoms with Crippen LogP contribution in [0.4, 0.5) is 0 Å². The lowest BCUT2D eigenvalue weighted by atomic mass is 9.89.